The molecule has 184 valence electrons. The zero-order valence-electron chi connectivity index (χ0n) is 19.4. The van der Waals surface area contributed by atoms with Crippen LogP contribution in [-0.2, 0) is 19.6 Å². The fourth-order valence-corrected chi connectivity index (χ4v) is 4.65. The number of amides is 2. The number of nitrogens with one attached hydrogen (secondary N) is 2. The molecule has 11 heteroatoms. The Morgan fingerprint density at radius 1 is 1.18 bits per heavy atom. The number of carbonyl (C=O) groups excluding carboxylic acids is 2. The standard InChI is InChI=1S/C23H28FN3O6S/c1-15(28)25-12-18-13-27(34(30,31)19-8-5-16(24)6-9-19)20-11-17(7-10-21(20)33-18)26-22(29)32-14-23(2,3)4/h5-11,18H,12-14H2,1-4H3,(H,25,28)(H,26,29). The van der Waals surface area contributed by atoms with E-state index >= 15 is 0 Å². The summed E-state index contributed by atoms with van der Waals surface area (Å²) in [7, 11) is -4.11. The van der Waals surface area contributed by atoms with Gasteiger partial charge in [0.05, 0.1) is 30.3 Å². The zero-order chi connectivity index (χ0) is 25.1. The summed E-state index contributed by atoms with van der Waals surface area (Å²) in [5.41, 5.74) is 0.280. The zero-order valence-corrected chi connectivity index (χ0v) is 20.2. The van der Waals surface area contributed by atoms with E-state index in [2.05, 4.69) is 10.6 Å². The Morgan fingerprint density at radius 3 is 2.47 bits per heavy atom. The van der Waals surface area contributed by atoms with Gasteiger partial charge in [0, 0.05) is 12.6 Å². The quantitative estimate of drug-likeness (QED) is 0.637. The number of sulfonamides is 1. The van der Waals surface area contributed by atoms with E-state index in [1.165, 1.54) is 31.2 Å². The van der Waals surface area contributed by atoms with Gasteiger partial charge >= 0.3 is 6.09 Å². The van der Waals surface area contributed by atoms with Crippen molar-refractivity contribution >= 4 is 33.4 Å². The molecule has 1 unspecified atom stereocenters. The minimum atomic E-state index is -4.11. The molecular weight excluding hydrogens is 465 g/mol. The Hall–Kier alpha value is -3.34. The molecule has 2 amide bonds. The second-order valence-electron chi connectivity index (χ2n) is 9.11. The van der Waals surface area contributed by atoms with Gasteiger partial charge in [-0.1, -0.05) is 20.8 Å². The lowest BCUT2D eigenvalue weighted by Crippen LogP contribution is -2.48. The van der Waals surface area contributed by atoms with E-state index < -0.39 is 28.0 Å². The number of halogens is 1. The van der Waals surface area contributed by atoms with Gasteiger partial charge in [0.15, 0.2) is 0 Å². The molecule has 2 aromatic rings. The number of hydrogen-bond acceptors (Lipinski definition) is 6. The number of benzene rings is 2. The molecule has 1 heterocycles. The third-order valence-electron chi connectivity index (χ3n) is 4.75. The van der Waals surface area contributed by atoms with Gasteiger partial charge in [-0.3, -0.25) is 14.4 Å². The average molecular weight is 494 g/mol. The van der Waals surface area contributed by atoms with Crippen molar-refractivity contribution in [1.82, 2.24) is 5.32 Å². The predicted octanol–water partition coefficient (Wildman–Crippen LogP) is 3.51. The molecule has 0 spiro atoms. The van der Waals surface area contributed by atoms with Crippen molar-refractivity contribution < 1.29 is 31.9 Å². The molecular formula is C23H28FN3O6S. The number of ether oxygens (including phenoxy) is 2. The van der Waals surface area contributed by atoms with Gasteiger partial charge in [0.2, 0.25) is 5.91 Å². The van der Waals surface area contributed by atoms with Gasteiger partial charge in [-0.2, -0.15) is 0 Å². The van der Waals surface area contributed by atoms with Gasteiger partial charge in [-0.25, -0.2) is 17.6 Å². The number of rotatable bonds is 6. The second kappa shape index (κ2) is 9.88. The number of fused-ring (bicyclic) bond motifs is 1. The summed E-state index contributed by atoms with van der Waals surface area (Å²) < 4.78 is 52.5. The van der Waals surface area contributed by atoms with Gasteiger partial charge in [-0.15, -0.1) is 0 Å². The van der Waals surface area contributed by atoms with Crippen LogP contribution in [-0.4, -0.2) is 46.2 Å². The van der Waals surface area contributed by atoms with Gasteiger partial charge in [-0.05, 0) is 47.9 Å². The molecule has 34 heavy (non-hydrogen) atoms. The second-order valence-corrected chi connectivity index (χ2v) is 11.0. The van der Waals surface area contributed by atoms with Crippen LogP contribution in [0.5, 0.6) is 5.75 Å². The lowest BCUT2D eigenvalue weighted by molar-refractivity contribution is -0.119. The van der Waals surface area contributed by atoms with Crippen LogP contribution in [0.4, 0.5) is 20.6 Å². The molecule has 9 nitrogen and oxygen atoms in total. The van der Waals surface area contributed by atoms with Crippen molar-refractivity contribution in [3.05, 3.63) is 48.3 Å². The predicted molar refractivity (Wildman–Crippen MR) is 125 cm³/mol. The monoisotopic (exact) mass is 493 g/mol. The summed E-state index contributed by atoms with van der Waals surface area (Å²) in [5, 5.41) is 5.21. The van der Waals surface area contributed by atoms with Crippen molar-refractivity contribution in [2.24, 2.45) is 5.41 Å². The van der Waals surface area contributed by atoms with Crippen molar-refractivity contribution in [3.8, 4) is 5.75 Å². The molecule has 3 rings (SSSR count). The molecule has 2 N–H and O–H groups in total. The van der Waals surface area contributed by atoms with Crippen molar-refractivity contribution in [2.45, 2.75) is 38.7 Å². The third-order valence-corrected chi connectivity index (χ3v) is 6.55. The van der Waals surface area contributed by atoms with E-state index in [0.717, 1.165) is 16.4 Å². The Balaban J connectivity index is 1.93. The van der Waals surface area contributed by atoms with Gasteiger partial charge in [0.25, 0.3) is 10.0 Å². The van der Waals surface area contributed by atoms with Crippen molar-refractivity contribution in [1.29, 1.82) is 0 Å². The summed E-state index contributed by atoms with van der Waals surface area (Å²) in [6, 6.07) is 9.02. The van der Waals surface area contributed by atoms with Crippen LogP contribution in [0.15, 0.2) is 47.4 Å². The highest BCUT2D eigenvalue weighted by atomic mass is 32.2. The largest absolute Gasteiger partial charge is 0.484 e. The highest BCUT2D eigenvalue weighted by molar-refractivity contribution is 7.92. The van der Waals surface area contributed by atoms with E-state index in [0.29, 0.717) is 5.69 Å². The number of anilines is 2. The fraction of sp³-hybridized carbons (Fsp3) is 0.391. The molecule has 0 radical (unpaired) electrons. The first kappa shape index (κ1) is 25.3. The maximum atomic E-state index is 13.4. The van der Waals surface area contributed by atoms with Crippen LogP contribution in [0.3, 0.4) is 0 Å². The van der Waals surface area contributed by atoms with Crippen LogP contribution >= 0.6 is 0 Å². The summed E-state index contributed by atoms with van der Waals surface area (Å²) in [4.78, 5) is 23.4. The summed E-state index contributed by atoms with van der Waals surface area (Å²) in [6.45, 7) is 7.29. The third kappa shape index (κ3) is 6.37. The molecule has 0 fully saturated rings. The van der Waals surface area contributed by atoms with E-state index in [9.17, 15) is 22.4 Å². The molecule has 0 aromatic heterocycles. The highest BCUT2D eigenvalue weighted by Crippen LogP contribution is 2.39. The lowest BCUT2D eigenvalue weighted by Gasteiger charge is -2.35. The van der Waals surface area contributed by atoms with Crippen LogP contribution in [0.1, 0.15) is 27.7 Å². The first-order valence-corrected chi connectivity index (χ1v) is 12.1. The van der Waals surface area contributed by atoms with E-state index in [-0.39, 0.29) is 47.4 Å². The Bertz CT molecular complexity index is 1160. The summed E-state index contributed by atoms with van der Waals surface area (Å²) in [5.74, 6) is -0.596. The normalized spacial score (nSPS) is 15.7. The molecule has 1 atom stereocenters. The topological polar surface area (TPSA) is 114 Å². The number of nitrogens with zero attached hydrogens (tertiary/aromatic N) is 1. The summed E-state index contributed by atoms with van der Waals surface area (Å²) in [6.07, 6.45) is -1.34. The molecule has 0 bridgehead atoms. The molecule has 0 saturated carbocycles. The highest BCUT2D eigenvalue weighted by Gasteiger charge is 2.35. The minimum Gasteiger partial charge on any atom is -0.484 e. The van der Waals surface area contributed by atoms with Crippen LogP contribution in [0.25, 0.3) is 0 Å². The van der Waals surface area contributed by atoms with Crippen molar-refractivity contribution in [3.63, 3.8) is 0 Å². The van der Waals surface area contributed by atoms with E-state index in [1.54, 1.807) is 6.07 Å². The molecule has 0 saturated heterocycles. The number of carbonyl (C=O) groups is 2. The molecule has 0 aliphatic carbocycles. The number of hydrogen-bond donors (Lipinski definition) is 2. The first-order chi connectivity index (χ1) is 15.8. The van der Waals surface area contributed by atoms with Crippen LogP contribution in [0, 0.1) is 11.2 Å². The van der Waals surface area contributed by atoms with Gasteiger partial charge in [0.1, 0.15) is 17.7 Å². The summed E-state index contributed by atoms with van der Waals surface area (Å²) >= 11 is 0. The lowest BCUT2D eigenvalue weighted by atomic mass is 9.99. The van der Waals surface area contributed by atoms with Crippen LogP contribution in [0.2, 0.25) is 0 Å². The minimum absolute atomic E-state index is 0.0866. The van der Waals surface area contributed by atoms with Gasteiger partial charge < -0.3 is 14.8 Å². The van der Waals surface area contributed by atoms with E-state index in [4.69, 9.17) is 9.47 Å². The molecule has 1 aliphatic heterocycles. The SMILES string of the molecule is CC(=O)NCC1CN(S(=O)(=O)c2ccc(F)cc2)c2cc(NC(=O)OCC(C)(C)C)ccc2O1. The molecule has 2 aromatic carbocycles. The fourth-order valence-electron chi connectivity index (χ4n) is 3.15. The molecule has 1 aliphatic rings. The maximum absolute atomic E-state index is 13.4. The van der Waals surface area contributed by atoms with Crippen LogP contribution < -0.4 is 19.7 Å². The Labute approximate surface area is 198 Å². The smallest absolute Gasteiger partial charge is 0.411 e. The average Bonchev–Trinajstić information content (AvgIpc) is 2.75. The Morgan fingerprint density at radius 2 is 1.85 bits per heavy atom. The Kier molecular flexibility index (Phi) is 7.35. The maximum Gasteiger partial charge on any atom is 0.411 e. The first-order valence-electron chi connectivity index (χ1n) is 10.6. The van der Waals surface area contributed by atoms with Crippen molar-refractivity contribution in [2.75, 3.05) is 29.3 Å². The van der Waals surface area contributed by atoms with E-state index in [1.807, 2.05) is 20.8 Å².